The van der Waals surface area contributed by atoms with Crippen LogP contribution in [0.1, 0.15) is 54.5 Å². The van der Waals surface area contributed by atoms with E-state index in [4.69, 9.17) is 31.5 Å². The molecule has 0 radical (unpaired) electrons. The normalized spacial score (nSPS) is 11.2. The Bertz CT molecular complexity index is 1490. The number of nitrogens with zero attached hydrogens (tertiary/aromatic N) is 7. The number of aryl methyl sites for hydroxylation is 1. The lowest BCUT2D eigenvalue weighted by Gasteiger charge is -2.11. The van der Waals surface area contributed by atoms with Gasteiger partial charge in [0, 0.05) is 18.5 Å². The quantitative estimate of drug-likeness (QED) is 0.0755. The SMILES string of the molecule is CCCCc1nc(Cl)c(C=O)n1Cc1ccc(-c2ccccc2-c2nnn(COC(=O)OCCCCON(O)O)n2)cc1. The fourth-order valence-corrected chi connectivity index (χ4v) is 4.51. The van der Waals surface area contributed by atoms with Gasteiger partial charge in [0.05, 0.1) is 18.6 Å². The van der Waals surface area contributed by atoms with Gasteiger partial charge >= 0.3 is 6.16 Å². The molecule has 0 fully saturated rings. The Hall–Kier alpha value is -4.21. The molecule has 15 heteroatoms. The molecule has 0 aliphatic heterocycles. The summed E-state index contributed by atoms with van der Waals surface area (Å²) in [6, 6.07) is 15.6. The van der Waals surface area contributed by atoms with Crippen molar-refractivity contribution in [2.24, 2.45) is 0 Å². The maximum absolute atomic E-state index is 11.8. The van der Waals surface area contributed by atoms with Crippen LogP contribution >= 0.6 is 11.6 Å². The molecule has 0 unspecified atom stereocenters. The molecular formula is C28H32ClN7O7. The molecule has 0 aliphatic carbocycles. The van der Waals surface area contributed by atoms with E-state index in [2.05, 4.69) is 32.2 Å². The molecule has 14 nitrogen and oxygen atoms in total. The Morgan fingerprint density at radius 2 is 1.77 bits per heavy atom. The van der Waals surface area contributed by atoms with E-state index in [0.717, 1.165) is 58.4 Å². The minimum absolute atomic E-state index is 0.0473. The molecule has 0 saturated carbocycles. The molecule has 2 aromatic heterocycles. The van der Waals surface area contributed by atoms with Gasteiger partial charge in [0.2, 0.25) is 12.6 Å². The molecule has 4 rings (SSSR count). The molecule has 0 amide bonds. The Morgan fingerprint density at radius 1 is 1.02 bits per heavy atom. The lowest BCUT2D eigenvalue weighted by atomic mass is 9.98. The number of aromatic nitrogens is 6. The summed E-state index contributed by atoms with van der Waals surface area (Å²) < 4.78 is 11.8. The van der Waals surface area contributed by atoms with Crippen molar-refractivity contribution >= 4 is 24.0 Å². The van der Waals surface area contributed by atoms with E-state index in [1.807, 2.05) is 53.1 Å². The number of aldehydes is 1. The first kappa shape index (κ1) is 31.7. The van der Waals surface area contributed by atoms with E-state index in [1.165, 1.54) is 0 Å². The van der Waals surface area contributed by atoms with Crippen LogP contribution in [-0.2, 0) is 34.0 Å². The van der Waals surface area contributed by atoms with Gasteiger partial charge in [-0.15, -0.1) is 15.0 Å². The molecule has 2 N–H and O–H groups in total. The maximum Gasteiger partial charge on any atom is 0.510 e. The van der Waals surface area contributed by atoms with Crippen LogP contribution in [0.4, 0.5) is 4.79 Å². The van der Waals surface area contributed by atoms with E-state index in [-0.39, 0.29) is 30.5 Å². The van der Waals surface area contributed by atoms with Crippen molar-refractivity contribution in [3.05, 3.63) is 70.8 Å². The molecule has 4 aromatic rings. The minimum atomic E-state index is -0.901. The number of hydrogen-bond donors (Lipinski definition) is 2. The highest BCUT2D eigenvalue weighted by Gasteiger charge is 2.17. The number of benzene rings is 2. The second kappa shape index (κ2) is 15.9. The number of tetrazole rings is 1. The molecular weight excluding hydrogens is 582 g/mol. The Kier molecular flexibility index (Phi) is 11.7. The van der Waals surface area contributed by atoms with Crippen LogP contribution in [0.5, 0.6) is 0 Å². The van der Waals surface area contributed by atoms with Gasteiger partial charge in [-0.2, -0.15) is 0 Å². The Labute approximate surface area is 252 Å². The molecule has 43 heavy (non-hydrogen) atoms. The first-order valence-corrected chi connectivity index (χ1v) is 14.0. The number of carbonyl (C=O) groups excluding carboxylic acids is 2. The predicted octanol–water partition coefficient (Wildman–Crippen LogP) is 4.96. The first-order chi connectivity index (χ1) is 20.9. The van der Waals surface area contributed by atoms with E-state index >= 15 is 0 Å². The van der Waals surface area contributed by atoms with E-state index < -0.39 is 6.16 Å². The third-order valence-electron chi connectivity index (χ3n) is 6.40. The summed E-state index contributed by atoms with van der Waals surface area (Å²) in [4.78, 5) is 33.5. The van der Waals surface area contributed by atoms with Gasteiger partial charge in [0.1, 0.15) is 11.5 Å². The van der Waals surface area contributed by atoms with Crippen molar-refractivity contribution in [2.45, 2.75) is 52.3 Å². The van der Waals surface area contributed by atoms with E-state index in [1.54, 1.807) is 0 Å². The topological polar surface area (TPSA) is 167 Å². The number of hydrogen-bond acceptors (Lipinski definition) is 12. The standard InChI is InChI=1S/C28H32ClN7O7/c1-2-3-10-25-30-26(29)24(18-37)34(25)17-20-11-13-21(14-12-20)22-8-4-5-9-23(22)27-31-33-35(32-27)19-42-28(38)41-15-6-7-16-43-36(39)40/h4-5,8-9,11-14,18,39-40H,2-3,6-7,10,15-17,19H2,1H3. The number of imidazole rings is 1. The monoisotopic (exact) mass is 613 g/mol. The zero-order chi connectivity index (χ0) is 30.6. The summed E-state index contributed by atoms with van der Waals surface area (Å²) in [5, 5.41) is 29.2. The molecule has 0 bridgehead atoms. The largest absolute Gasteiger partial charge is 0.510 e. The van der Waals surface area contributed by atoms with Gasteiger partial charge in [0.15, 0.2) is 11.4 Å². The highest BCUT2D eigenvalue weighted by Crippen LogP contribution is 2.30. The summed E-state index contributed by atoms with van der Waals surface area (Å²) in [6.07, 6.45) is 3.41. The lowest BCUT2D eigenvalue weighted by Crippen LogP contribution is -2.16. The third-order valence-corrected chi connectivity index (χ3v) is 6.67. The second-order valence-electron chi connectivity index (χ2n) is 9.40. The molecule has 2 heterocycles. The molecule has 0 aliphatic rings. The average Bonchev–Trinajstić information content (AvgIpc) is 3.60. The zero-order valence-electron chi connectivity index (χ0n) is 23.5. The lowest BCUT2D eigenvalue weighted by molar-refractivity contribution is -0.492. The fraction of sp³-hybridized carbons (Fsp3) is 0.357. The first-order valence-electron chi connectivity index (χ1n) is 13.7. The molecule has 0 atom stereocenters. The van der Waals surface area contributed by atoms with Crippen molar-refractivity contribution in [2.75, 3.05) is 13.2 Å². The van der Waals surface area contributed by atoms with Crippen LogP contribution in [0.3, 0.4) is 0 Å². The Balaban J connectivity index is 1.38. The van der Waals surface area contributed by atoms with E-state index in [0.29, 0.717) is 30.9 Å². The average molecular weight is 614 g/mol. The minimum Gasteiger partial charge on any atom is -0.434 e. The highest BCUT2D eigenvalue weighted by atomic mass is 35.5. The van der Waals surface area contributed by atoms with Crippen LogP contribution in [0.15, 0.2) is 48.5 Å². The van der Waals surface area contributed by atoms with Crippen LogP contribution in [0, 0.1) is 0 Å². The summed E-state index contributed by atoms with van der Waals surface area (Å²) in [6.45, 7) is 2.38. The predicted molar refractivity (Wildman–Crippen MR) is 152 cm³/mol. The summed E-state index contributed by atoms with van der Waals surface area (Å²) in [5.41, 5.74) is 3.91. The summed E-state index contributed by atoms with van der Waals surface area (Å²) in [7, 11) is 0. The number of ether oxygens (including phenoxy) is 2. The van der Waals surface area contributed by atoms with Crippen molar-refractivity contribution in [1.29, 1.82) is 0 Å². The van der Waals surface area contributed by atoms with Crippen LogP contribution in [0.25, 0.3) is 22.5 Å². The Morgan fingerprint density at radius 3 is 2.49 bits per heavy atom. The highest BCUT2D eigenvalue weighted by molar-refractivity contribution is 6.31. The van der Waals surface area contributed by atoms with Crippen LogP contribution in [-0.4, -0.2) is 71.2 Å². The maximum atomic E-state index is 11.8. The number of unbranched alkanes of at least 4 members (excludes halogenated alkanes) is 2. The van der Waals surface area contributed by atoms with Crippen LogP contribution in [0.2, 0.25) is 5.15 Å². The van der Waals surface area contributed by atoms with Gasteiger partial charge in [-0.05, 0) is 41.2 Å². The molecule has 0 spiro atoms. The number of rotatable bonds is 16. The number of halogens is 1. The summed E-state index contributed by atoms with van der Waals surface area (Å²) >= 11 is 6.23. The molecule has 2 aromatic carbocycles. The smallest absolute Gasteiger partial charge is 0.434 e. The van der Waals surface area contributed by atoms with Crippen LogP contribution < -0.4 is 0 Å². The van der Waals surface area contributed by atoms with Crippen molar-refractivity contribution < 1.29 is 34.3 Å². The van der Waals surface area contributed by atoms with E-state index in [9.17, 15) is 9.59 Å². The van der Waals surface area contributed by atoms with Gasteiger partial charge in [-0.3, -0.25) is 20.0 Å². The van der Waals surface area contributed by atoms with Gasteiger partial charge in [-0.25, -0.2) is 9.78 Å². The third kappa shape index (κ3) is 8.89. The van der Waals surface area contributed by atoms with Gasteiger partial charge < -0.3 is 14.0 Å². The van der Waals surface area contributed by atoms with Gasteiger partial charge in [-0.1, -0.05) is 73.5 Å². The zero-order valence-corrected chi connectivity index (χ0v) is 24.3. The molecule has 0 saturated heterocycles. The van der Waals surface area contributed by atoms with Crippen molar-refractivity contribution in [3.63, 3.8) is 0 Å². The molecule has 228 valence electrons. The van der Waals surface area contributed by atoms with Crippen molar-refractivity contribution in [1.82, 2.24) is 35.1 Å². The second-order valence-corrected chi connectivity index (χ2v) is 9.76. The summed E-state index contributed by atoms with van der Waals surface area (Å²) in [5.74, 6) is 1.14. The fourth-order valence-electron chi connectivity index (χ4n) is 4.26. The number of carbonyl (C=O) groups is 2. The van der Waals surface area contributed by atoms with Gasteiger partial charge in [0.25, 0.3) is 0 Å². The van der Waals surface area contributed by atoms with Crippen molar-refractivity contribution in [3.8, 4) is 22.5 Å².